The van der Waals surface area contributed by atoms with Crippen LogP contribution in [-0.2, 0) is 9.53 Å². The quantitative estimate of drug-likeness (QED) is 0.403. The molecule has 0 saturated carbocycles. The molecule has 2 heterocycles. The van der Waals surface area contributed by atoms with Crippen LogP contribution in [0.15, 0.2) is 42.5 Å². The lowest BCUT2D eigenvalue weighted by atomic mass is 9.95. The summed E-state index contributed by atoms with van der Waals surface area (Å²) in [4.78, 5) is 41.8. The van der Waals surface area contributed by atoms with Gasteiger partial charge in [0, 0.05) is 50.9 Å². The molecule has 0 radical (unpaired) electrons. The molecule has 2 aliphatic rings. The number of carbonyl (C=O) groups is 3. The molecule has 2 aromatic rings. The molecule has 10 nitrogen and oxygen atoms in total. The van der Waals surface area contributed by atoms with Crippen molar-refractivity contribution in [3.8, 4) is 5.75 Å². The van der Waals surface area contributed by atoms with Crippen molar-refractivity contribution in [1.29, 1.82) is 0 Å². The molecule has 11 heteroatoms. The van der Waals surface area contributed by atoms with E-state index in [4.69, 9.17) is 26.8 Å². The lowest BCUT2D eigenvalue weighted by molar-refractivity contribution is -0.131. The van der Waals surface area contributed by atoms with Crippen LogP contribution < -0.4 is 21.1 Å². The Kier molecular flexibility index (Phi) is 10.0. The maximum Gasteiger partial charge on any atom is 0.255 e. The highest BCUT2D eigenvalue weighted by atomic mass is 35.5. The van der Waals surface area contributed by atoms with Gasteiger partial charge in [-0.1, -0.05) is 29.8 Å². The number of hydrogen-bond acceptors (Lipinski definition) is 7. The van der Waals surface area contributed by atoms with Gasteiger partial charge >= 0.3 is 0 Å². The van der Waals surface area contributed by atoms with Crippen LogP contribution in [0.4, 0.5) is 5.69 Å². The second kappa shape index (κ2) is 13.6. The number of ether oxygens (including phenoxy) is 2. The van der Waals surface area contributed by atoms with Crippen LogP contribution >= 0.6 is 11.6 Å². The zero-order chi connectivity index (χ0) is 27.8. The van der Waals surface area contributed by atoms with Gasteiger partial charge in [-0.2, -0.15) is 0 Å². The van der Waals surface area contributed by atoms with Crippen molar-refractivity contribution in [2.24, 2.45) is 5.92 Å². The molecule has 4 N–H and O–H groups in total. The van der Waals surface area contributed by atoms with Gasteiger partial charge < -0.3 is 30.7 Å². The maximum absolute atomic E-state index is 12.8. The molecule has 39 heavy (non-hydrogen) atoms. The van der Waals surface area contributed by atoms with Crippen LogP contribution in [0.1, 0.15) is 33.6 Å². The minimum Gasteiger partial charge on any atom is -0.496 e. The molecule has 2 aromatic carbocycles. The normalized spacial score (nSPS) is 18.4. The van der Waals surface area contributed by atoms with Crippen molar-refractivity contribution in [3.63, 3.8) is 0 Å². The summed E-state index contributed by atoms with van der Waals surface area (Å²) in [7, 11) is 1.48. The first-order chi connectivity index (χ1) is 18.8. The predicted molar refractivity (Wildman–Crippen MR) is 149 cm³/mol. The van der Waals surface area contributed by atoms with Crippen LogP contribution in [0.2, 0.25) is 5.02 Å². The van der Waals surface area contributed by atoms with Gasteiger partial charge in [-0.25, -0.2) is 0 Å². The second-order valence-corrected chi connectivity index (χ2v) is 10.3. The molecule has 210 valence electrons. The first-order valence-electron chi connectivity index (χ1n) is 13.2. The van der Waals surface area contributed by atoms with Crippen molar-refractivity contribution in [1.82, 2.24) is 20.4 Å². The van der Waals surface area contributed by atoms with Crippen molar-refractivity contribution in [2.45, 2.75) is 18.9 Å². The fourth-order valence-corrected chi connectivity index (χ4v) is 5.14. The molecule has 3 amide bonds. The van der Waals surface area contributed by atoms with Gasteiger partial charge in [0.1, 0.15) is 5.75 Å². The third kappa shape index (κ3) is 7.84. The molecular formula is C28H36ClN5O5. The van der Waals surface area contributed by atoms with Gasteiger partial charge in [0.15, 0.2) is 0 Å². The van der Waals surface area contributed by atoms with Crippen molar-refractivity contribution < 1.29 is 23.9 Å². The average molecular weight is 558 g/mol. The van der Waals surface area contributed by atoms with E-state index in [9.17, 15) is 14.4 Å². The summed E-state index contributed by atoms with van der Waals surface area (Å²) in [5.41, 5.74) is 7.03. The number of nitrogens with two attached hydrogens (primary N) is 1. The lowest BCUT2D eigenvalue weighted by Gasteiger charge is -2.38. The smallest absolute Gasteiger partial charge is 0.255 e. The Morgan fingerprint density at radius 1 is 1.08 bits per heavy atom. The number of anilines is 1. The van der Waals surface area contributed by atoms with E-state index in [-0.39, 0.29) is 30.4 Å². The van der Waals surface area contributed by atoms with Crippen molar-refractivity contribution in [2.75, 3.05) is 65.3 Å². The van der Waals surface area contributed by atoms with E-state index in [0.717, 1.165) is 25.9 Å². The fraction of sp³-hybridized carbons (Fsp3) is 0.464. The molecule has 1 atom stereocenters. The van der Waals surface area contributed by atoms with Crippen LogP contribution in [0, 0.1) is 5.92 Å². The number of nitrogen functional groups attached to an aromatic ring is 1. The number of methoxy groups -OCH3 is 1. The Balaban J connectivity index is 1.18. The van der Waals surface area contributed by atoms with E-state index in [1.54, 1.807) is 24.3 Å². The number of likely N-dealkylation sites (tertiary alicyclic amines) is 1. The molecule has 0 bridgehead atoms. The van der Waals surface area contributed by atoms with Crippen LogP contribution in [0.25, 0.3) is 0 Å². The fourth-order valence-electron chi connectivity index (χ4n) is 4.98. The highest BCUT2D eigenvalue weighted by Crippen LogP contribution is 2.28. The van der Waals surface area contributed by atoms with E-state index in [0.29, 0.717) is 66.3 Å². The summed E-state index contributed by atoms with van der Waals surface area (Å²) in [6.45, 7) is 4.78. The number of benzene rings is 2. The molecule has 2 fully saturated rings. The zero-order valence-corrected chi connectivity index (χ0v) is 22.9. The number of rotatable bonds is 9. The number of piperidine rings is 1. The van der Waals surface area contributed by atoms with E-state index in [1.807, 2.05) is 11.0 Å². The summed E-state index contributed by atoms with van der Waals surface area (Å²) >= 11 is 6.09. The number of carbonyl (C=O) groups excluding carboxylic acids is 3. The molecule has 0 aliphatic carbocycles. The van der Waals surface area contributed by atoms with Crippen LogP contribution in [0.3, 0.4) is 0 Å². The Hall–Kier alpha value is -3.34. The molecule has 0 spiro atoms. The molecule has 1 unspecified atom stereocenters. The van der Waals surface area contributed by atoms with Gasteiger partial charge in [0.25, 0.3) is 11.8 Å². The minimum atomic E-state index is -0.300. The van der Waals surface area contributed by atoms with Crippen LogP contribution in [0.5, 0.6) is 5.75 Å². The summed E-state index contributed by atoms with van der Waals surface area (Å²) < 4.78 is 11.2. The van der Waals surface area contributed by atoms with Gasteiger partial charge in [-0.15, -0.1) is 0 Å². The molecule has 2 saturated heterocycles. The van der Waals surface area contributed by atoms with Gasteiger partial charge in [0.05, 0.1) is 42.6 Å². The molecule has 2 aliphatic heterocycles. The Bertz CT molecular complexity index is 1160. The largest absolute Gasteiger partial charge is 0.496 e. The number of nitrogens with one attached hydrogen (secondary N) is 2. The molecule has 0 aromatic heterocycles. The summed E-state index contributed by atoms with van der Waals surface area (Å²) in [5.74, 6) is 0.241. The number of halogens is 1. The Labute approximate surface area is 233 Å². The monoisotopic (exact) mass is 557 g/mol. The average Bonchev–Trinajstić information content (AvgIpc) is 2.96. The molecule has 4 rings (SSSR count). The standard InChI is InChI=1S/C28H36ClN5O5/c1-38-25-14-24(30)23(29)13-22(25)28(37)31-15-21-18-33(11-12-39-21)17-19-7-9-34(10-8-19)26(35)16-32-27(36)20-5-3-2-4-6-20/h2-6,13-14,19,21H,7-12,15-18,30H2,1H3,(H,31,37)(H,32,36). The highest BCUT2D eigenvalue weighted by Gasteiger charge is 2.28. The van der Waals surface area contributed by atoms with Gasteiger partial charge in [0.2, 0.25) is 5.91 Å². The first-order valence-corrected chi connectivity index (χ1v) is 13.6. The van der Waals surface area contributed by atoms with E-state index in [1.165, 1.54) is 19.2 Å². The summed E-state index contributed by atoms with van der Waals surface area (Å²) in [6, 6.07) is 11.9. The number of morpholine rings is 1. The van der Waals surface area contributed by atoms with E-state index >= 15 is 0 Å². The van der Waals surface area contributed by atoms with Gasteiger partial charge in [-0.05, 0) is 37.0 Å². The van der Waals surface area contributed by atoms with Crippen LogP contribution in [-0.4, -0.2) is 93.2 Å². The maximum atomic E-state index is 12.8. The first kappa shape index (κ1) is 28.7. The summed E-state index contributed by atoms with van der Waals surface area (Å²) in [5, 5.41) is 5.93. The number of nitrogens with zero attached hydrogens (tertiary/aromatic N) is 2. The SMILES string of the molecule is COc1cc(N)c(Cl)cc1C(=O)NCC1CN(CC2CCN(C(=O)CNC(=O)c3ccccc3)CC2)CCO1. The third-order valence-electron chi connectivity index (χ3n) is 7.20. The van der Waals surface area contributed by atoms with Crippen molar-refractivity contribution in [3.05, 3.63) is 58.6 Å². The number of hydrogen-bond donors (Lipinski definition) is 3. The predicted octanol–water partition coefficient (Wildman–Crippen LogP) is 2.03. The number of amides is 3. The summed E-state index contributed by atoms with van der Waals surface area (Å²) in [6.07, 6.45) is 1.69. The third-order valence-corrected chi connectivity index (χ3v) is 7.52. The van der Waals surface area contributed by atoms with E-state index < -0.39 is 0 Å². The lowest BCUT2D eigenvalue weighted by Crippen LogP contribution is -2.50. The minimum absolute atomic E-state index is 0.00367. The zero-order valence-electron chi connectivity index (χ0n) is 22.2. The Morgan fingerprint density at radius 2 is 1.82 bits per heavy atom. The Morgan fingerprint density at radius 3 is 2.54 bits per heavy atom. The van der Waals surface area contributed by atoms with E-state index in [2.05, 4.69) is 15.5 Å². The molecular weight excluding hydrogens is 522 g/mol. The van der Waals surface area contributed by atoms with Crippen molar-refractivity contribution >= 4 is 35.0 Å². The second-order valence-electron chi connectivity index (χ2n) is 9.91. The highest BCUT2D eigenvalue weighted by molar-refractivity contribution is 6.33. The topological polar surface area (TPSA) is 126 Å². The van der Waals surface area contributed by atoms with Gasteiger partial charge in [-0.3, -0.25) is 19.3 Å².